The number of methoxy groups -OCH3 is 2. The normalized spacial score (nSPS) is 12.6. The first-order valence-electron chi connectivity index (χ1n) is 13.7. The number of rotatable bonds is 14. The number of hydrogen-bond acceptors (Lipinski definition) is 6. The van der Waals surface area contributed by atoms with Crippen LogP contribution in [0.2, 0.25) is 5.02 Å². The van der Waals surface area contributed by atoms with Gasteiger partial charge in [0.25, 0.3) is 10.0 Å². The molecule has 0 bridgehead atoms. The fourth-order valence-electron chi connectivity index (χ4n) is 4.40. The first-order valence-corrected chi connectivity index (χ1v) is 15.5. The summed E-state index contributed by atoms with van der Waals surface area (Å²) >= 11 is 6.45. The van der Waals surface area contributed by atoms with E-state index in [2.05, 4.69) is 5.32 Å². The van der Waals surface area contributed by atoms with Crippen LogP contribution < -0.4 is 19.1 Å². The van der Waals surface area contributed by atoms with Gasteiger partial charge in [0.15, 0.2) is 11.5 Å². The molecule has 0 saturated carbocycles. The first-order chi connectivity index (χ1) is 20.1. The van der Waals surface area contributed by atoms with Crippen molar-refractivity contribution in [1.29, 1.82) is 0 Å². The summed E-state index contributed by atoms with van der Waals surface area (Å²) in [6, 6.07) is 18.7. The van der Waals surface area contributed by atoms with Gasteiger partial charge in [-0.15, -0.1) is 0 Å². The lowest BCUT2D eigenvalue weighted by Crippen LogP contribution is -2.53. The number of nitrogens with one attached hydrogen (secondary N) is 1. The highest BCUT2D eigenvalue weighted by molar-refractivity contribution is 7.92. The van der Waals surface area contributed by atoms with Crippen molar-refractivity contribution in [2.75, 3.05) is 25.1 Å². The molecule has 0 fully saturated rings. The molecule has 3 aromatic carbocycles. The standard InChI is InChI=1S/C31H38ClN3O6S/c1-6-22(3)33-31(37)27(7-2)34(20-23-13-11-12-16-26(23)32)30(36)21-35(24-14-9-8-10-15-24)42(38,39)25-17-18-28(40-4)29(19-25)41-5/h8-19,22,27H,6-7,20-21H2,1-5H3,(H,33,37)/t22-,27-/m0/s1. The Kier molecular flexibility index (Phi) is 11.6. The van der Waals surface area contributed by atoms with Crippen molar-refractivity contribution < 1.29 is 27.5 Å². The Hall–Kier alpha value is -3.76. The number of anilines is 1. The third-order valence-corrected chi connectivity index (χ3v) is 9.09. The Morgan fingerprint density at radius 1 is 0.905 bits per heavy atom. The number of ether oxygens (including phenoxy) is 2. The molecule has 0 aliphatic heterocycles. The van der Waals surface area contributed by atoms with Gasteiger partial charge >= 0.3 is 0 Å². The third kappa shape index (κ3) is 7.74. The van der Waals surface area contributed by atoms with Gasteiger partial charge in [-0.1, -0.05) is 61.8 Å². The van der Waals surface area contributed by atoms with Crippen molar-refractivity contribution in [1.82, 2.24) is 10.2 Å². The van der Waals surface area contributed by atoms with Crippen LogP contribution in [0, 0.1) is 0 Å². The Labute approximate surface area is 253 Å². The van der Waals surface area contributed by atoms with E-state index in [1.54, 1.807) is 54.6 Å². The highest BCUT2D eigenvalue weighted by Crippen LogP contribution is 2.32. The number of nitrogens with zero attached hydrogens (tertiary/aromatic N) is 2. The molecule has 0 unspecified atom stereocenters. The molecule has 3 rings (SSSR count). The molecule has 0 saturated heterocycles. The topological polar surface area (TPSA) is 105 Å². The molecule has 2 atom stereocenters. The minimum absolute atomic E-state index is 0.0178. The molecular formula is C31H38ClN3O6S. The van der Waals surface area contributed by atoms with Crippen LogP contribution in [0.1, 0.15) is 39.2 Å². The lowest BCUT2D eigenvalue weighted by atomic mass is 10.1. The lowest BCUT2D eigenvalue weighted by Gasteiger charge is -2.34. The summed E-state index contributed by atoms with van der Waals surface area (Å²) in [6.45, 7) is 5.11. The van der Waals surface area contributed by atoms with E-state index < -0.39 is 28.5 Å². The van der Waals surface area contributed by atoms with Crippen LogP contribution in [0.4, 0.5) is 5.69 Å². The zero-order valence-electron chi connectivity index (χ0n) is 24.5. The van der Waals surface area contributed by atoms with Crippen LogP contribution >= 0.6 is 11.6 Å². The molecule has 0 radical (unpaired) electrons. The minimum Gasteiger partial charge on any atom is -0.493 e. The second-order valence-corrected chi connectivity index (χ2v) is 12.0. The molecule has 1 N–H and O–H groups in total. The van der Waals surface area contributed by atoms with E-state index in [0.717, 1.165) is 4.31 Å². The van der Waals surface area contributed by atoms with E-state index in [0.29, 0.717) is 29.2 Å². The van der Waals surface area contributed by atoms with Gasteiger partial charge in [0, 0.05) is 23.7 Å². The number of sulfonamides is 1. The van der Waals surface area contributed by atoms with E-state index in [4.69, 9.17) is 21.1 Å². The van der Waals surface area contributed by atoms with Crippen LogP contribution in [-0.4, -0.2) is 58.0 Å². The van der Waals surface area contributed by atoms with E-state index in [1.165, 1.54) is 37.3 Å². The Morgan fingerprint density at radius 2 is 1.55 bits per heavy atom. The zero-order valence-corrected chi connectivity index (χ0v) is 26.1. The Bertz CT molecular complexity index is 1470. The SMILES string of the molecule is CC[C@H](C)NC(=O)[C@H](CC)N(Cc1ccccc1Cl)C(=O)CN(c1ccccc1)S(=O)(=O)c1ccc(OC)c(OC)c1. The predicted molar refractivity (Wildman–Crippen MR) is 164 cm³/mol. The third-order valence-electron chi connectivity index (χ3n) is 6.95. The number of amides is 2. The number of benzene rings is 3. The van der Waals surface area contributed by atoms with Crippen LogP contribution in [0.15, 0.2) is 77.7 Å². The number of halogens is 1. The van der Waals surface area contributed by atoms with Gasteiger partial charge in [-0.25, -0.2) is 8.42 Å². The number of carbonyl (C=O) groups excluding carboxylic acids is 2. The van der Waals surface area contributed by atoms with Crippen molar-refractivity contribution in [2.45, 2.75) is 57.1 Å². The Morgan fingerprint density at radius 3 is 2.14 bits per heavy atom. The number of para-hydroxylation sites is 1. The minimum atomic E-state index is -4.27. The summed E-state index contributed by atoms with van der Waals surface area (Å²) in [5.41, 5.74) is 0.923. The molecule has 0 aliphatic rings. The second kappa shape index (κ2) is 14.9. The highest BCUT2D eigenvalue weighted by atomic mass is 35.5. The van der Waals surface area contributed by atoms with Gasteiger partial charge in [0.1, 0.15) is 12.6 Å². The van der Waals surface area contributed by atoms with E-state index in [-0.39, 0.29) is 34.8 Å². The molecule has 9 nitrogen and oxygen atoms in total. The maximum atomic E-state index is 14.2. The number of carbonyl (C=O) groups is 2. The molecule has 226 valence electrons. The van der Waals surface area contributed by atoms with Crippen LogP contribution in [0.25, 0.3) is 0 Å². The summed E-state index contributed by atoms with van der Waals surface area (Å²) in [6.07, 6.45) is 1.03. The quantitative estimate of drug-likeness (QED) is 0.265. The molecule has 0 spiro atoms. The average Bonchev–Trinajstić information content (AvgIpc) is 3.00. The molecular weight excluding hydrogens is 578 g/mol. The Balaban J connectivity index is 2.08. The molecule has 42 heavy (non-hydrogen) atoms. The number of hydrogen-bond donors (Lipinski definition) is 1. The van der Waals surface area contributed by atoms with Gasteiger partial charge in [-0.2, -0.15) is 0 Å². The first kappa shape index (κ1) is 32.8. The fraction of sp³-hybridized carbons (Fsp3) is 0.355. The second-order valence-electron chi connectivity index (χ2n) is 9.72. The smallest absolute Gasteiger partial charge is 0.264 e. The van der Waals surface area contributed by atoms with Gasteiger partial charge in [-0.05, 0) is 55.7 Å². The molecule has 0 aromatic heterocycles. The molecule has 3 aromatic rings. The largest absolute Gasteiger partial charge is 0.493 e. The summed E-state index contributed by atoms with van der Waals surface area (Å²) in [5, 5.41) is 3.39. The van der Waals surface area contributed by atoms with Crippen LogP contribution in [0.3, 0.4) is 0 Å². The summed E-state index contributed by atoms with van der Waals surface area (Å²) in [7, 11) is -1.41. The maximum absolute atomic E-state index is 14.2. The molecule has 0 aliphatic carbocycles. The van der Waals surface area contributed by atoms with Crippen molar-refractivity contribution in [3.05, 3.63) is 83.4 Å². The van der Waals surface area contributed by atoms with Crippen molar-refractivity contribution in [2.24, 2.45) is 0 Å². The van der Waals surface area contributed by atoms with Gasteiger partial charge in [0.2, 0.25) is 11.8 Å². The van der Waals surface area contributed by atoms with Crippen molar-refractivity contribution in [3.8, 4) is 11.5 Å². The van der Waals surface area contributed by atoms with E-state index in [1.807, 2.05) is 20.8 Å². The molecule has 0 heterocycles. The van der Waals surface area contributed by atoms with Crippen molar-refractivity contribution in [3.63, 3.8) is 0 Å². The summed E-state index contributed by atoms with van der Waals surface area (Å²) < 4.78 is 39.8. The van der Waals surface area contributed by atoms with Crippen LogP contribution in [0.5, 0.6) is 11.5 Å². The summed E-state index contributed by atoms with van der Waals surface area (Å²) in [4.78, 5) is 28.8. The molecule has 2 amide bonds. The highest BCUT2D eigenvalue weighted by Gasteiger charge is 2.34. The van der Waals surface area contributed by atoms with Crippen molar-refractivity contribution >= 4 is 39.1 Å². The molecule has 11 heteroatoms. The van der Waals surface area contributed by atoms with Gasteiger partial charge in [-0.3, -0.25) is 13.9 Å². The average molecular weight is 616 g/mol. The van der Waals surface area contributed by atoms with Gasteiger partial charge < -0.3 is 19.7 Å². The van der Waals surface area contributed by atoms with E-state index >= 15 is 0 Å². The fourth-order valence-corrected chi connectivity index (χ4v) is 6.02. The maximum Gasteiger partial charge on any atom is 0.264 e. The monoisotopic (exact) mass is 615 g/mol. The predicted octanol–water partition coefficient (Wildman–Crippen LogP) is 5.27. The van der Waals surface area contributed by atoms with E-state index in [9.17, 15) is 18.0 Å². The summed E-state index contributed by atoms with van der Waals surface area (Å²) in [5.74, 6) is -0.288. The zero-order chi connectivity index (χ0) is 30.9. The lowest BCUT2D eigenvalue weighted by molar-refractivity contribution is -0.140. The van der Waals surface area contributed by atoms with Gasteiger partial charge in [0.05, 0.1) is 24.8 Å². The van der Waals surface area contributed by atoms with Crippen LogP contribution in [-0.2, 0) is 26.2 Å².